The third-order valence-corrected chi connectivity index (χ3v) is 3.56. The third-order valence-electron chi connectivity index (χ3n) is 2.16. The summed E-state index contributed by atoms with van der Waals surface area (Å²) in [6.45, 7) is -0.241. The molecule has 98 valence electrons. The zero-order valence-corrected chi connectivity index (χ0v) is 10.5. The van der Waals surface area contributed by atoms with Gasteiger partial charge in [0.05, 0.1) is 11.1 Å². The minimum atomic E-state index is -3.67. The van der Waals surface area contributed by atoms with E-state index in [-0.39, 0.29) is 17.2 Å². The van der Waals surface area contributed by atoms with Crippen molar-refractivity contribution in [3.63, 3.8) is 0 Å². The van der Waals surface area contributed by atoms with Crippen molar-refractivity contribution in [3.8, 4) is 11.8 Å². The van der Waals surface area contributed by atoms with Crippen LogP contribution in [0.2, 0.25) is 0 Å². The Hall–Kier alpha value is -2.30. The molecular weight excluding hydrogens is 268 g/mol. The number of nitrogens with one attached hydrogen (secondary N) is 1. The summed E-state index contributed by atoms with van der Waals surface area (Å²) in [6, 6.07) is 5.98. The first-order valence-electron chi connectivity index (χ1n) is 5.24. The van der Waals surface area contributed by atoms with Crippen LogP contribution in [-0.2, 0) is 10.0 Å². The van der Waals surface area contributed by atoms with Crippen molar-refractivity contribution in [1.29, 1.82) is 0 Å². The van der Waals surface area contributed by atoms with E-state index in [9.17, 15) is 8.42 Å². The summed E-state index contributed by atoms with van der Waals surface area (Å²) in [7, 11) is -3.67. The highest BCUT2D eigenvalue weighted by Gasteiger charge is 2.14. The van der Waals surface area contributed by atoms with Gasteiger partial charge in [-0.2, -0.15) is 0 Å². The second-order valence-electron chi connectivity index (χ2n) is 3.50. The largest absolute Gasteiger partial charge is 0.384 e. The Bertz CT molecular complexity index is 694. The standard InChI is InChI=1S/C12H10N2O4S/c15-7-1-2-10-3-5-12(6-4-10)19(16,17)14-11-8-13-18-9-11/h3-6,8-9,14-15H,7H2. The second kappa shape index (κ2) is 5.56. The molecule has 0 aliphatic rings. The molecule has 1 heterocycles. The van der Waals surface area contributed by atoms with Crippen molar-refractivity contribution in [3.05, 3.63) is 42.3 Å². The van der Waals surface area contributed by atoms with Crippen molar-refractivity contribution in [2.75, 3.05) is 11.3 Å². The molecule has 0 fully saturated rings. The molecule has 0 spiro atoms. The molecule has 0 atom stereocenters. The van der Waals surface area contributed by atoms with Gasteiger partial charge in [-0.1, -0.05) is 17.0 Å². The van der Waals surface area contributed by atoms with E-state index in [0.717, 1.165) is 0 Å². The molecule has 0 aliphatic carbocycles. The van der Waals surface area contributed by atoms with E-state index in [1.54, 1.807) is 12.1 Å². The molecule has 1 aromatic carbocycles. The number of hydrogen-bond acceptors (Lipinski definition) is 5. The average molecular weight is 278 g/mol. The molecule has 0 amide bonds. The van der Waals surface area contributed by atoms with Gasteiger partial charge in [0.15, 0.2) is 0 Å². The molecule has 19 heavy (non-hydrogen) atoms. The number of benzene rings is 1. The van der Waals surface area contributed by atoms with Crippen LogP contribution in [0.25, 0.3) is 0 Å². The van der Waals surface area contributed by atoms with Gasteiger partial charge in [0, 0.05) is 5.56 Å². The van der Waals surface area contributed by atoms with Crippen molar-refractivity contribution >= 4 is 15.7 Å². The van der Waals surface area contributed by atoms with Crippen LogP contribution in [0, 0.1) is 11.8 Å². The fourth-order valence-corrected chi connectivity index (χ4v) is 2.35. The van der Waals surface area contributed by atoms with Crippen LogP contribution in [0.4, 0.5) is 5.69 Å². The van der Waals surface area contributed by atoms with Gasteiger partial charge in [-0.3, -0.25) is 4.72 Å². The van der Waals surface area contributed by atoms with Gasteiger partial charge in [0.25, 0.3) is 10.0 Å². The summed E-state index contributed by atoms with van der Waals surface area (Å²) in [5, 5.41) is 12.0. The highest BCUT2D eigenvalue weighted by atomic mass is 32.2. The number of rotatable bonds is 3. The van der Waals surface area contributed by atoms with Gasteiger partial charge < -0.3 is 9.63 Å². The summed E-state index contributed by atoms with van der Waals surface area (Å²) < 4.78 is 30.8. The minimum Gasteiger partial charge on any atom is -0.384 e. The maximum atomic E-state index is 12.0. The quantitative estimate of drug-likeness (QED) is 0.811. The van der Waals surface area contributed by atoms with E-state index >= 15 is 0 Å². The van der Waals surface area contributed by atoms with Crippen molar-refractivity contribution < 1.29 is 18.0 Å². The Morgan fingerprint density at radius 1 is 1.32 bits per heavy atom. The Kier molecular flexibility index (Phi) is 3.85. The zero-order chi connectivity index (χ0) is 13.7. The van der Waals surface area contributed by atoms with E-state index in [1.165, 1.54) is 24.6 Å². The molecular formula is C12H10N2O4S. The van der Waals surface area contributed by atoms with E-state index in [0.29, 0.717) is 5.56 Å². The van der Waals surface area contributed by atoms with Crippen LogP contribution in [0.3, 0.4) is 0 Å². The predicted molar refractivity (Wildman–Crippen MR) is 67.7 cm³/mol. The minimum absolute atomic E-state index is 0.100. The Morgan fingerprint density at radius 2 is 2.05 bits per heavy atom. The first kappa shape index (κ1) is 13.1. The van der Waals surface area contributed by atoms with Gasteiger partial charge in [-0.25, -0.2) is 8.42 Å². The monoisotopic (exact) mass is 278 g/mol. The summed E-state index contributed by atoms with van der Waals surface area (Å²) in [4.78, 5) is 0.100. The molecule has 0 saturated carbocycles. The molecule has 0 aliphatic heterocycles. The van der Waals surface area contributed by atoms with Crippen LogP contribution < -0.4 is 4.72 Å². The average Bonchev–Trinajstić information content (AvgIpc) is 2.89. The lowest BCUT2D eigenvalue weighted by molar-refractivity contribution is 0.350. The molecule has 2 N–H and O–H groups in total. The number of aromatic nitrogens is 1. The Balaban J connectivity index is 2.21. The molecule has 7 heteroatoms. The molecule has 0 bridgehead atoms. The number of aliphatic hydroxyl groups excluding tert-OH is 1. The van der Waals surface area contributed by atoms with Crippen LogP contribution in [-0.4, -0.2) is 25.3 Å². The first-order chi connectivity index (χ1) is 9.12. The van der Waals surface area contributed by atoms with Crippen LogP contribution in [0.1, 0.15) is 5.56 Å². The third kappa shape index (κ3) is 3.34. The summed E-state index contributed by atoms with van der Waals surface area (Å²) in [6.07, 6.45) is 2.46. The lowest BCUT2D eigenvalue weighted by Crippen LogP contribution is -2.12. The molecule has 0 radical (unpaired) electrons. The smallest absolute Gasteiger partial charge is 0.262 e. The van der Waals surface area contributed by atoms with E-state index in [4.69, 9.17) is 5.11 Å². The SMILES string of the molecule is O=S(=O)(Nc1cnoc1)c1ccc(C#CCO)cc1. The maximum absolute atomic E-state index is 12.0. The van der Waals surface area contributed by atoms with Crippen molar-refractivity contribution in [2.45, 2.75) is 4.90 Å². The lowest BCUT2D eigenvalue weighted by Gasteiger charge is -2.04. The van der Waals surface area contributed by atoms with Crippen molar-refractivity contribution in [2.24, 2.45) is 0 Å². The maximum Gasteiger partial charge on any atom is 0.262 e. The van der Waals surface area contributed by atoms with Crippen LogP contribution in [0.15, 0.2) is 46.1 Å². The predicted octanol–water partition coefficient (Wildman–Crippen LogP) is 0.819. The van der Waals surface area contributed by atoms with E-state index in [1.807, 2.05) is 0 Å². The molecule has 0 saturated heterocycles. The highest BCUT2D eigenvalue weighted by molar-refractivity contribution is 7.92. The van der Waals surface area contributed by atoms with Gasteiger partial charge in [0.2, 0.25) is 0 Å². The first-order valence-corrected chi connectivity index (χ1v) is 6.72. The lowest BCUT2D eigenvalue weighted by atomic mass is 10.2. The fourth-order valence-electron chi connectivity index (χ4n) is 1.33. The van der Waals surface area contributed by atoms with Gasteiger partial charge in [0.1, 0.15) is 18.6 Å². The normalized spacial score (nSPS) is 10.6. The van der Waals surface area contributed by atoms with Crippen LogP contribution >= 0.6 is 0 Å². The van der Waals surface area contributed by atoms with Crippen molar-refractivity contribution in [1.82, 2.24) is 5.16 Å². The summed E-state index contributed by atoms with van der Waals surface area (Å²) >= 11 is 0. The molecule has 1 aromatic heterocycles. The molecule has 2 rings (SSSR count). The molecule has 2 aromatic rings. The Labute approximate surface area is 110 Å². The van der Waals surface area contributed by atoms with Crippen LogP contribution in [0.5, 0.6) is 0 Å². The number of anilines is 1. The Morgan fingerprint density at radius 3 is 2.63 bits per heavy atom. The second-order valence-corrected chi connectivity index (χ2v) is 5.19. The zero-order valence-electron chi connectivity index (χ0n) is 9.70. The van der Waals surface area contributed by atoms with Gasteiger partial charge in [-0.05, 0) is 24.3 Å². The number of nitrogens with zero attached hydrogens (tertiary/aromatic N) is 1. The topological polar surface area (TPSA) is 92.4 Å². The number of aliphatic hydroxyl groups is 1. The number of hydrogen-bond donors (Lipinski definition) is 2. The molecule has 6 nitrogen and oxygen atoms in total. The van der Waals surface area contributed by atoms with E-state index < -0.39 is 10.0 Å². The summed E-state index contributed by atoms with van der Waals surface area (Å²) in [5.41, 5.74) is 0.877. The number of sulfonamides is 1. The molecule has 0 unspecified atom stereocenters. The summed E-state index contributed by atoms with van der Waals surface area (Å²) in [5.74, 6) is 5.16. The fraction of sp³-hybridized carbons (Fsp3) is 0.0833. The van der Waals surface area contributed by atoms with Gasteiger partial charge >= 0.3 is 0 Å². The van der Waals surface area contributed by atoms with Gasteiger partial charge in [-0.15, -0.1) is 0 Å². The highest BCUT2D eigenvalue weighted by Crippen LogP contribution is 2.15. The van der Waals surface area contributed by atoms with E-state index in [2.05, 4.69) is 26.2 Å².